The molecule has 0 saturated heterocycles. The lowest BCUT2D eigenvalue weighted by molar-refractivity contribution is 0.0302. The number of carbonyl (C=O) groups is 2. The van der Waals surface area contributed by atoms with E-state index in [9.17, 15) is 19.8 Å². The maximum absolute atomic E-state index is 12.6. The van der Waals surface area contributed by atoms with Crippen LogP contribution in [-0.4, -0.2) is 27.9 Å². The Morgan fingerprint density at radius 2 is 1.96 bits per heavy atom. The SMILES string of the molecule is CC(C)CC(=O)c1c(O)c(C=O)c2c(c1O)C[C@@H]1C[C@H](C(C)C)C=C[C@]1(C)O2. The van der Waals surface area contributed by atoms with Crippen molar-refractivity contribution >= 4 is 12.1 Å². The minimum atomic E-state index is -0.613. The normalized spacial score (nSPS) is 26.0. The molecule has 0 bridgehead atoms. The van der Waals surface area contributed by atoms with Gasteiger partial charge in [-0.2, -0.15) is 0 Å². The number of carbonyl (C=O) groups excluding carboxylic acids is 2. The molecule has 1 aliphatic carbocycles. The number of benzene rings is 1. The number of fused-ring (bicyclic) bond motifs is 2. The maximum atomic E-state index is 12.6. The van der Waals surface area contributed by atoms with E-state index >= 15 is 0 Å². The third-order valence-electron chi connectivity index (χ3n) is 6.19. The number of Topliss-reactive ketones (excluding diaryl/α,β-unsaturated/α-hetero) is 1. The summed E-state index contributed by atoms with van der Waals surface area (Å²) in [6, 6.07) is 0. The standard InChI is InChI=1S/C23H30O5/c1-12(2)8-18(25)19-20(26)16-10-15-9-14(13(3)4)6-7-23(15,5)28-22(16)17(11-24)21(19)27/h6-7,11-15,26-27H,8-10H2,1-5H3/t14-,15+,23+/m1/s1. The lowest BCUT2D eigenvalue weighted by atomic mass is 9.69. The first-order valence-electron chi connectivity index (χ1n) is 10.1. The van der Waals surface area contributed by atoms with Crippen LogP contribution in [-0.2, 0) is 6.42 Å². The average Bonchev–Trinajstić information content (AvgIpc) is 2.59. The molecule has 3 rings (SSSR count). The zero-order chi connectivity index (χ0) is 20.8. The summed E-state index contributed by atoms with van der Waals surface area (Å²) < 4.78 is 6.20. The van der Waals surface area contributed by atoms with Gasteiger partial charge in [0.25, 0.3) is 0 Å². The van der Waals surface area contributed by atoms with Crippen molar-refractivity contribution in [1.29, 1.82) is 0 Å². The Kier molecular flexibility index (Phi) is 5.30. The predicted molar refractivity (Wildman–Crippen MR) is 107 cm³/mol. The largest absolute Gasteiger partial charge is 0.507 e. The molecule has 1 heterocycles. The van der Waals surface area contributed by atoms with Gasteiger partial charge in [0, 0.05) is 17.9 Å². The maximum Gasteiger partial charge on any atom is 0.170 e. The number of phenolic OH excluding ortho intramolecular Hbond substituents is 2. The molecule has 2 aliphatic rings. The monoisotopic (exact) mass is 386 g/mol. The zero-order valence-corrected chi connectivity index (χ0v) is 17.3. The van der Waals surface area contributed by atoms with E-state index in [4.69, 9.17) is 4.74 Å². The average molecular weight is 386 g/mol. The topological polar surface area (TPSA) is 83.8 Å². The Hall–Kier alpha value is -2.30. The number of allylic oxidation sites excluding steroid dienone is 1. The molecule has 0 spiro atoms. The number of ether oxygens (including phenoxy) is 1. The Morgan fingerprint density at radius 3 is 2.54 bits per heavy atom. The van der Waals surface area contributed by atoms with E-state index in [2.05, 4.69) is 19.9 Å². The van der Waals surface area contributed by atoms with E-state index in [1.807, 2.05) is 26.8 Å². The van der Waals surface area contributed by atoms with Crippen molar-refractivity contribution in [2.75, 3.05) is 0 Å². The molecule has 1 aromatic rings. The summed E-state index contributed by atoms with van der Waals surface area (Å²) in [6.07, 6.45) is 6.28. The molecule has 0 aromatic heterocycles. The highest BCUT2D eigenvalue weighted by Crippen LogP contribution is 2.51. The summed E-state index contributed by atoms with van der Waals surface area (Å²) >= 11 is 0. The molecule has 2 N–H and O–H groups in total. The fourth-order valence-corrected chi connectivity index (χ4v) is 4.38. The van der Waals surface area contributed by atoms with Gasteiger partial charge >= 0.3 is 0 Å². The van der Waals surface area contributed by atoms with Gasteiger partial charge in [-0.1, -0.05) is 33.8 Å². The third kappa shape index (κ3) is 3.31. The number of aromatic hydroxyl groups is 2. The number of hydrogen-bond donors (Lipinski definition) is 2. The smallest absolute Gasteiger partial charge is 0.170 e. The molecule has 3 atom stereocenters. The van der Waals surface area contributed by atoms with E-state index in [0.29, 0.717) is 30.1 Å². The molecule has 5 nitrogen and oxygen atoms in total. The van der Waals surface area contributed by atoms with Gasteiger partial charge in [-0.15, -0.1) is 0 Å². The Labute approximate surface area is 166 Å². The zero-order valence-electron chi connectivity index (χ0n) is 17.3. The van der Waals surface area contributed by atoms with Crippen LogP contribution in [0.15, 0.2) is 12.2 Å². The van der Waals surface area contributed by atoms with Crippen molar-refractivity contribution < 1.29 is 24.5 Å². The molecule has 152 valence electrons. The van der Waals surface area contributed by atoms with E-state index in [0.717, 1.165) is 6.42 Å². The molecule has 0 radical (unpaired) electrons. The number of phenols is 2. The Morgan fingerprint density at radius 1 is 1.29 bits per heavy atom. The van der Waals surface area contributed by atoms with Crippen LogP contribution in [0.3, 0.4) is 0 Å². The van der Waals surface area contributed by atoms with Gasteiger partial charge in [-0.3, -0.25) is 9.59 Å². The highest BCUT2D eigenvalue weighted by molar-refractivity contribution is 6.05. The lowest BCUT2D eigenvalue weighted by Crippen LogP contribution is -2.47. The summed E-state index contributed by atoms with van der Waals surface area (Å²) in [5.41, 5.74) is -0.377. The second kappa shape index (κ2) is 7.26. The van der Waals surface area contributed by atoms with Gasteiger partial charge in [0.05, 0.1) is 5.56 Å². The van der Waals surface area contributed by atoms with Gasteiger partial charge in [0.15, 0.2) is 12.1 Å². The van der Waals surface area contributed by atoms with E-state index in [1.165, 1.54) is 0 Å². The number of rotatable bonds is 5. The summed E-state index contributed by atoms with van der Waals surface area (Å²) in [4.78, 5) is 24.4. The minimum absolute atomic E-state index is 0.0565. The predicted octanol–water partition coefficient (Wildman–Crippen LogP) is 4.68. The molecular formula is C23H30O5. The molecule has 5 heteroatoms. The highest BCUT2D eigenvalue weighted by Gasteiger charge is 2.45. The minimum Gasteiger partial charge on any atom is -0.507 e. The Balaban J connectivity index is 2.12. The van der Waals surface area contributed by atoms with E-state index in [-0.39, 0.29) is 46.7 Å². The molecule has 0 fully saturated rings. The van der Waals surface area contributed by atoms with Gasteiger partial charge < -0.3 is 14.9 Å². The van der Waals surface area contributed by atoms with Crippen molar-refractivity contribution in [3.8, 4) is 17.2 Å². The molecule has 0 unspecified atom stereocenters. The van der Waals surface area contributed by atoms with Crippen molar-refractivity contribution in [2.45, 2.75) is 59.5 Å². The number of hydrogen-bond acceptors (Lipinski definition) is 5. The fraction of sp³-hybridized carbons (Fsp3) is 0.565. The Bertz CT molecular complexity index is 836. The molecule has 0 saturated carbocycles. The quantitative estimate of drug-likeness (QED) is 0.436. The number of ketones is 1. The van der Waals surface area contributed by atoms with Crippen LogP contribution in [0.5, 0.6) is 17.2 Å². The van der Waals surface area contributed by atoms with Crippen molar-refractivity contribution in [1.82, 2.24) is 0 Å². The van der Waals surface area contributed by atoms with Crippen LogP contribution in [0.2, 0.25) is 0 Å². The first-order chi connectivity index (χ1) is 13.1. The summed E-state index contributed by atoms with van der Waals surface area (Å²) in [6.45, 7) is 10.1. The van der Waals surface area contributed by atoms with Gasteiger partial charge in [0.2, 0.25) is 0 Å². The van der Waals surface area contributed by atoms with Crippen molar-refractivity contribution in [2.24, 2.45) is 23.7 Å². The van der Waals surface area contributed by atoms with Crippen LogP contribution in [0.1, 0.15) is 73.7 Å². The van der Waals surface area contributed by atoms with E-state index in [1.54, 1.807) is 0 Å². The molecule has 1 aromatic carbocycles. The molecular weight excluding hydrogens is 356 g/mol. The lowest BCUT2D eigenvalue weighted by Gasteiger charge is -2.45. The fourth-order valence-electron chi connectivity index (χ4n) is 4.38. The molecule has 1 aliphatic heterocycles. The van der Waals surface area contributed by atoms with Crippen LogP contribution in [0.4, 0.5) is 0 Å². The molecule has 0 amide bonds. The van der Waals surface area contributed by atoms with Crippen LogP contribution in [0, 0.1) is 23.7 Å². The van der Waals surface area contributed by atoms with Crippen LogP contribution in [0.25, 0.3) is 0 Å². The van der Waals surface area contributed by atoms with Gasteiger partial charge in [-0.25, -0.2) is 0 Å². The summed E-state index contributed by atoms with van der Waals surface area (Å²) in [5, 5.41) is 21.5. The molecule has 28 heavy (non-hydrogen) atoms. The first kappa shape index (κ1) is 20.4. The number of aldehydes is 1. The second-order valence-corrected chi connectivity index (χ2v) is 9.12. The summed E-state index contributed by atoms with van der Waals surface area (Å²) in [7, 11) is 0. The van der Waals surface area contributed by atoms with Crippen LogP contribution < -0.4 is 4.74 Å². The van der Waals surface area contributed by atoms with Gasteiger partial charge in [0.1, 0.15) is 28.4 Å². The summed E-state index contributed by atoms with van der Waals surface area (Å²) in [5.74, 6) is 0.169. The van der Waals surface area contributed by atoms with Crippen molar-refractivity contribution in [3.63, 3.8) is 0 Å². The van der Waals surface area contributed by atoms with E-state index < -0.39 is 11.4 Å². The van der Waals surface area contributed by atoms with Crippen molar-refractivity contribution in [3.05, 3.63) is 28.8 Å². The highest BCUT2D eigenvalue weighted by atomic mass is 16.5. The second-order valence-electron chi connectivity index (χ2n) is 9.12. The van der Waals surface area contributed by atoms with Gasteiger partial charge in [-0.05, 0) is 43.6 Å². The third-order valence-corrected chi connectivity index (χ3v) is 6.19. The first-order valence-corrected chi connectivity index (χ1v) is 10.1. The van der Waals surface area contributed by atoms with Crippen LogP contribution >= 0.6 is 0 Å².